The molecule has 3 heterocycles. The number of aliphatic imine (C=N–C) groups is 1. The van der Waals surface area contributed by atoms with Crippen LogP contribution in [0.1, 0.15) is 20.0 Å². The summed E-state index contributed by atoms with van der Waals surface area (Å²) in [6.07, 6.45) is 0. The summed E-state index contributed by atoms with van der Waals surface area (Å²) >= 11 is 1.11. The molecule has 0 saturated carbocycles. The van der Waals surface area contributed by atoms with Crippen LogP contribution in [0.5, 0.6) is 0 Å². The smallest absolute Gasteiger partial charge is 0.139 e. The standard InChI is InChI=1S/C17H20N4S/c1-12-11-13-16(21-9-7-20(2)8-10-21)18-14-5-3-4-6-15(14)19-17(13)22-12/h3-6,11,19H,7-10H2,1-2H3/i1D3,7D2,8D2. The maximum Gasteiger partial charge on any atom is 0.139 e. The third kappa shape index (κ3) is 2.40. The van der Waals surface area contributed by atoms with E-state index < -0.39 is 19.8 Å². The van der Waals surface area contributed by atoms with Crippen molar-refractivity contribution in [1.82, 2.24) is 9.80 Å². The van der Waals surface area contributed by atoms with Gasteiger partial charge in [-0.2, -0.15) is 0 Å². The highest BCUT2D eigenvalue weighted by atomic mass is 32.1. The lowest BCUT2D eigenvalue weighted by Gasteiger charge is -2.34. The molecule has 1 aromatic heterocycles. The number of amidine groups is 1. The molecule has 2 aliphatic heterocycles. The van der Waals surface area contributed by atoms with Crippen LogP contribution in [0.3, 0.4) is 0 Å². The summed E-state index contributed by atoms with van der Waals surface area (Å²) in [4.78, 5) is 7.56. The molecule has 0 amide bonds. The summed E-state index contributed by atoms with van der Waals surface area (Å²) in [6.45, 7) is -6.32. The van der Waals surface area contributed by atoms with E-state index in [4.69, 9.17) is 14.6 Å². The molecule has 0 atom stereocenters. The molecule has 1 N–H and O–H groups in total. The Balaban J connectivity index is 1.87. The zero-order valence-electron chi connectivity index (χ0n) is 19.1. The van der Waals surface area contributed by atoms with E-state index in [9.17, 15) is 0 Å². The zero-order chi connectivity index (χ0) is 21.2. The molecule has 0 spiro atoms. The lowest BCUT2D eigenvalue weighted by Crippen LogP contribution is -2.47. The Hall–Kier alpha value is -1.85. The topological polar surface area (TPSA) is 30.9 Å². The molecule has 1 fully saturated rings. The van der Waals surface area contributed by atoms with Gasteiger partial charge in [-0.25, -0.2) is 4.99 Å². The Kier molecular flexibility index (Phi) is 2.00. The Morgan fingerprint density at radius 2 is 2.14 bits per heavy atom. The first-order valence-corrected chi connectivity index (χ1v) is 7.78. The van der Waals surface area contributed by atoms with E-state index in [1.54, 1.807) is 11.0 Å². The largest absolute Gasteiger partial charge is 0.353 e. The summed E-state index contributed by atoms with van der Waals surface area (Å²) in [5, 5.41) is 3.84. The fourth-order valence-electron chi connectivity index (χ4n) is 2.51. The minimum absolute atomic E-state index is 0.0948. The molecule has 0 radical (unpaired) electrons. The van der Waals surface area contributed by atoms with Crippen LogP contribution in [-0.4, -0.2) is 48.8 Å². The zero-order valence-corrected chi connectivity index (χ0v) is 12.9. The molecule has 1 saturated heterocycles. The predicted molar refractivity (Wildman–Crippen MR) is 94.0 cm³/mol. The molecular formula is C17H20N4S. The van der Waals surface area contributed by atoms with Crippen molar-refractivity contribution in [2.75, 3.05) is 38.4 Å². The summed E-state index contributed by atoms with van der Waals surface area (Å²) in [5.74, 6) is 0.366. The Labute approximate surface area is 144 Å². The van der Waals surface area contributed by atoms with Crippen molar-refractivity contribution in [2.45, 2.75) is 6.85 Å². The normalized spacial score (nSPS) is 28.0. The number of para-hydroxylation sites is 2. The van der Waals surface area contributed by atoms with E-state index in [2.05, 4.69) is 5.32 Å². The van der Waals surface area contributed by atoms with Gasteiger partial charge in [0.05, 0.1) is 16.9 Å². The van der Waals surface area contributed by atoms with Crippen molar-refractivity contribution < 1.29 is 9.60 Å². The first kappa shape index (κ1) is 8.13. The van der Waals surface area contributed by atoms with Gasteiger partial charge >= 0.3 is 0 Å². The van der Waals surface area contributed by atoms with Crippen molar-refractivity contribution >= 4 is 33.5 Å². The van der Waals surface area contributed by atoms with Gasteiger partial charge < -0.3 is 15.1 Å². The fraction of sp³-hybridized carbons (Fsp3) is 0.353. The van der Waals surface area contributed by atoms with Crippen LogP contribution in [0.4, 0.5) is 16.4 Å². The van der Waals surface area contributed by atoms with Crippen LogP contribution in [0.15, 0.2) is 35.3 Å². The van der Waals surface area contributed by atoms with Gasteiger partial charge in [0.2, 0.25) is 0 Å². The molecular weight excluding hydrogens is 292 g/mol. The van der Waals surface area contributed by atoms with E-state index in [0.717, 1.165) is 16.2 Å². The number of benzene rings is 1. The molecule has 4 nitrogen and oxygen atoms in total. The number of piperazine rings is 1. The summed E-state index contributed by atoms with van der Waals surface area (Å²) in [7, 11) is 1.42. The highest BCUT2D eigenvalue weighted by Gasteiger charge is 2.25. The van der Waals surface area contributed by atoms with E-state index in [1.807, 2.05) is 24.3 Å². The molecule has 1 aromatic carbocycles. The number of rotatable bonds is 0. The van der Waals surface area contributed by atoms with E-state index >= 15 is 0 Å². The molecule has 2 aromatic rings. The lowest BCUT2D eigenvalue weighted by molar-refractivity contribution is 0.216. The number of nitrogens with zero attached hydrogens (tertiary/aromatic N) is 3. The quantitative estimate of drug-likeness (QED) is 0.807. The van der Waals surface area contributed by atoms with Crippen LogP contribution in [0, 0.1) is 6.85 Å². The van der Waals surface area contributed by atoms with Crippen LogP contribution >= 0.6 is 11.3 Å². The van der Waals surface area contributed by atoms with Crippen LogP contribution < -0.4 is 5.32 Å². The minimum Gasteiger partial charge on any atom is -0.353 e. The Morgan fingerprint density at radius 3 is 2.95 bits per heavy atom. The molecule has 5 heteroatoms. The lowest BCUT2D eigenvalue weighted by atomic mass is 10.2. The summed E-state index contributed by atoms with van der Waals surface area (Å²) < 4.78 is 56.4. The molecule has 0 aliphatic carbocycles. The van der Waals surface area contributed by atoms with Crippen molar-refractivity contribution in [3.63, 3.8) is 0 Å². The van der Waals surface area contributed by atoms with Crippen molar-refractivity contribution in [2.24, 2.45) is 4.99 Å². The number of fused-ring (bicyclic) bond motifs is 2. The first-order chi connectivity index (χ1) is 13.4. The molecule has 114 valence electrons. The van der Waals surface area contributed by atoms with Gasteiger partial charge in [-0.1, -0.05) is 12.1 Å². The van der Waals surface area contributed by atoms with Crippen molar-refractivity contribution in [3.05, 3.63) is 40.8 Å². The van der Waals surface area contributed by atoms with E-state index in [0.29, 0.717) is 27.8 Å². The Bertz CT molecular complexity index is 964. The number of hydrogen-bond donors (Lipinski definition) is 1. The number of thiophene rings is 1. The van der Waals surface area contributed by atoms with E-state index in [-0.39, 0.29) is 18.0 Å². The van der Waals surface area contributed by atoms with Gasteiger partial charge in [-0.3, -0.25) is 0 Å². The van der Waals surface area contributed by atoms with Crippen LogP contribution in [0.2, 0.25) is 0 Å². The molecule has 22 heavy (non-hydrogen) atoms. The predicted octanol–water partition coefficient (Wildman–Crippen LogP) is 3.44. The van der Waals surface area contributed by atoms with Gasteiger partial charge in [0.15, 0.2) is 0 Å². The molecule has 4 rings (SSSR count). The van der Waals surface area contributed by atoms with Gasteiger partial charge in [-0.05, 0) is 32.1 Å². The fourth-order valence-corrected chi connectivity index (χ4v) is 3.33. The van der Waals surface area contributed by atoms with Gasteiger partial charge in [0, 0.05) is 40.6 Å². The minimum atomic E-state index is -2.28. The number of hydrogen-bond acceptors (Lipinski definition) is 5. The average molecular weight is 319 g/mol. The summed E-state index contributed by atoms with van der Waals surface area (Å²) in [5.41, 5.74) is 1.87. The maximum atomic E-state index is 8.28. The maximum absolute atomic E-state index is 8.28. The SMILES string of the molecule is [2H]C([2H])([2H])c1cc2c(s1)Nc1ccccc1N=C2N1CC([2H])([2H])N(C)C([2H])([2H])C1. The second-order valence-corrected chi connectivity index (χ2v) is 6.21. The third-order valence-electron chi connectivity index (χ3n) is 3.65. The Morgan fingerprint density at radius 1 is 1.32 bits per heavy atom. The first-order valence-electron chi connectivity index (χ1n) is 10.5. The van der Waals surface area contributed by atoms with Gasteiger partial charge in [0.25, 0.3) is 0 Å². The monoisotopic (exact) mass is 319 g/mol. The van der Waals surface area contributed by atoms with Crippen LogP contribution in [-0.2, 0) is 0 Å². The number of nitrogens with one attached hydrogen (secondary N) is 1. The average Bonchev–Trinajstić information content (AvgIpc) is 2.95. The van der Waals surface area contributed by atoms with Crippen LogP contribution in [0.25, 0.3) is 0 Å². The summed E-state index contributed by atoms with van der Waals surface area (Å²) in [6, 6.07) is 8.87. The van der Waals surface area contributed by atoms with Crippen molar-refractivity contribution in [3.8, 4) is 0 Å². The van der Waals surface area contributed by atoms with E-state index in [1.165, 1.54) is 7.05 Å². The number of anilines is 2. The third-order valence-corrected chi connectivity index (χ3v) is 4.51. The molecule has 2 aliphatic rings. The second kappa shape index (κ2) is 5.41. The van der Waals surface area contributed by atoms with Crippen molar-refractivity contribution in [1.29, 1.82) is 0 Å². The number of aryl methyl sites for hydroxylation is 1. The molecule has 0 unspecified atom stereocenters. The second-order valence-electron chi connectivity index (χ2n) is 5.16. The van der Waals surface area contributed by atoms with Gasteiger partial charge in [-0.15, -0.1) is 11.3 Å². The highest BCUT2D eigenvalue weighted by molar-refractivity contribution is 7.16. The number of likely N-dealkylation sites (N-methyl/N-ethyl adjacent to an activating group) is 1. The van der Waals surface area contributed by atoms with Gasteiger partial charge in [0.1, 0.15) is 10.8 Å². The highest BCUT2D eigenvalue weighted by Crippen LogP contribution is 2.39. The molecule has 0 bridgehead atoms.